The highest BCUT2D eigenvalue weighted by atomic mass is 16.5. The summed E-state index contributed by atoms with van der Waals surface area (Å²) in [6.45, 7) is 2.33. The Balaban J connectivity index is 1.23. The van der Waals surface area contributed by atoms with Crippen molar-refractivity contribution >= 4 is 22.8 Å². The number of amides is 1. The van der Waals surface area contributed by atoms with Gasteiger partial charge in [-0.3, -0.25) is 4.79 Å². The second kappa shape index (κ2) is 8.53. The van der Waals surface area contributed by atoms with E-state index in [1.807, 2.05) is 54.6 Å². The van der Waals surface area contributed by atoms with E-state index in [1.165, 1.54) is 0 Å². The molecule has 0 spiro atoms. The number of fused-ring (bicyclic) bond motifs is 1. The number of aromatic amines is 1. The van der Waals surface area contributed by atoms with Gasteiger partial charge in [-0.15, -0.1) is 5.10 Å². The summed E-state index contributed by atoms with van der Waals surface area (Å²) in [6.07, 6.45) is 0.993. The number of benzene rings is 2. The zero-order valence-corrected chi connectivity index (χ0v) is 16.7. The number of aromatic nitrogens is 4. The van der Waals surface area contributed by atoms with Gasteiger partial charge in [0, 0.05) is 22.7 Å². The van der Waals surface area contributed by atoms with Gasteiger partial charge in [0.05, 0.1) is 25.5 Å². The fourth-order valence-corrected chi connectivity index (χ4v) is 3.35. The van der Waals surface area contributed by atoms with Gasteiger partial charge in [0.25, 0.3) is 5.91 Å². The highest BCUT2D eigenvalue weighted by Crippen LogP contribution is 2.22. The molecule has 0 bridgehead atoms. The molecule has 4 aromatic rings. The number of carbonyl (C=O) groups excluding carboxylic acids is 1. The molecule has 156 valence electrons. The van der Waals surface area contributed by atoms with Gasteiger partial charge in [-0.05, 0) is 55.0 Å². The zero-order chi connectivity index (χ0) is 21.0. The molecule has 2 N–H and O–H groups in total. The molecule has 0 aliphatic carbocycles. The minimum Gasteiger partial charge on any atom is -0.494 e. The lowest BCUT2D eigenvalue weighted by atomic mass is 10.1. The molecule has 8 nitrogen and oxygen atoms in total. The summed E-state index contributed by atoms with van der Waals surface area (Å²) in [4.78, 5) is 17.2. The second-order valence-electron chi connectivity index (χ2n) is 7.46. The summed E-state index contributed by atoms with van der Waals surface area (Å²) in [6, 6.07) is 18.4. The van der Waals surface area contributed by atoms with Crippen molar-refractivity contribution < 1.29 is 14.3 Å². The molecule has 1 aliphatic heterocycles. The highest BCUT2D eigenvalue weighted by Gasteiger charge is 2.17. The average molecular weight is 415 g/mol. The molecule has 31 heavy (non-hydrogen) atoms. The van der Waals surface area contributed by atoms with Crippen LogP contribution >= 0.6 is 0 Å². The van der Waals surface area contributed by atoms with Crippen LogP contribution in [0.3, 0.4) is 0 Å². The largest absolute Gasteiger partial charge is 0.494 e. The van der Waals surface area contributed by atoms with E-state index in [9.17, 15) is 4.79 Å². The summed E-state index contributed by atoms with van der Waals surface area (Å²) in [5.41, 5.74) is 4.04. The fraction of sp³-hybridized carbons (Fsp3) is 0.217. The minimum atomic E-state index is -0.192. The Hall–Kier alpha value is -3.78. The number of anilines is 1. The van der Waals surface area contributed by atoms with Crippen molar-refractivity contribution in [3.05, 3.63) is 66.2 Å². The molecule has 2 aromatic carbocycles. The molecule has 1 saturated heterocycles. The maximum Gasteiger partial charge on any atom is 0.255 e. The van der Waals surface area contributed by atoms with Crippen LogP contribution in [-0.4, -0.2) is 46.1 Å². The highest BCUT2D eigenvalue weighted by molar-refractivity contribution is 6.05. The van der Waals surface area contributed by atoms with Crippen LogP contribution in [0, 0.1) is 5.92 Å². The Bertz CT molecular complexity index is 1200. The summed E-state index contributed by atoms with van der Waals surface area (Å²) in [7, 11) is 0. The third kappa shape index (κ3) is 4.39. The van der Waals surface area contributed by atoms with Crippen LogP contribution in [0.5, 0.6) is 5.75 Å². The van der Waals surface area contributed by atoms with E-state index < -0.39 is 0 Å². The van der Waals surface area contributed by atoms with Crippen LogP contribution in [0.2, 0.25) is 0 Å². The lowest BCUT2D eigenvalue weighted by Crippen LogP contribution is -2.28. The molecule has 0 saturated carbocycles. The molecule has 1 amide bonds. The van der Waals surface area contributed by atoms with E-state index in [2.05, 4.69) is 25.7 Å². The first kappa shape index (κ1) is 19.2. The number of rotatable bonds is 7. The van der Waals surface area contributed by atoms with Crippen molar-refractivity contribution in [2.75, 3.05) is 25.1 Å². The van der Waals surface area contributed by atoms with Gasteiger partial charge in [0.2, 0.25) is 5.65 Å². The number of carbonyl (C=O) groups is 1. The van der Waals surface area contributed by atoms with Crippen LogP contribution in [0.25, 0.3) is 22.4 Å². The number of pyridine rings is 1. The van der Waals surface area contributed by atoms with E-state index >= 15 is 0 Å². The molecular weight excluding hydrogens is 394 g/mol. The maximum absolute atomic E-state index is 12.7. The van der Waals surface area contributed by atoms with Gasteiger partial charge in [0.15, 0.2) is 0 Å². The number of hydrogen-bond acceptors (Lipinski definition) is 6. The Labute approximate surface area is 178 Å². The summed E-state index contributed by atoms with van der Waals surface area (Å²) < 4.78 is 10.9. The van der Waals surface area contributed by atoms with Crippen LogP contribution in [0.1, 0.15) is 16.8 Å². The van der Waals surface area contributed by atoms with E-state index in [-0.39, 0.29) is 5.91 Å². The first-order chi connectivity index (χ1) is 15.2. The average Bonchev–Trinajstić information content (AvgIpc) is 3.24. The van der Waals surface area contributed by atoms with Gasteiger partial charge in [-0.2, -0.15) is 10.3 Å². The summed E-state index contributed by atoms with van der Waals surface area (Å²) >= 11 is 0. The Morgan fingerprint density at radius 1 is 1.10 bits per heavy atom. The van der Waals surface area contributed by atoms with E-state index in [0.29, 0.717) is 34.9 Å². The third-order valence-corrected chi connectivity index (χ3v) is 5.22. The quantitative estimate of drug-likeness (QED) is 0.477. The Kier molecular flexibility index (Phi) is 5.28. The van der Waals surface area contributed by atoms with Gasteiger partial charge in [-0.1, -0.05) is 12.1 Å². The van der Waals surface area contributed by atoms with Crippen molar-refractivity contribution in [1.29, 1.82) is 0 Å². The smallest absolute Gasteiger partial charge is 0.255 e. The van der Waals surface area contributed by atoms with E-state index in [0.717, 1.165) is 36.6 Å². The Morgan fingerprint density at radius 2 is 1.97 bits per heavy atom. The predicted molar refractivity (Wildman–Crippen MR) is 116 cm³/mol. The number of H-pyrrole nitrogens is 1. The predicted octanol–water partition coefficient (Wildman–Crippen LogP) is 3.69. The molecular formula is C23H21N5O3. The Morgan fingerprint density at radius 3 is 2.77 bits per heavy atom. The number of hydrogen-bond donors (Lipinski definition) is 2. The van der Waals surface area contributed by atoms with Crippen molar-refractivity contribution in [3.8, 4) is 17.0 Å². The van der Waals surface area contributed by atoms with Gasteiger partial charge in [0.1, 0.15) is 11.3 Å². The van der Waals surface area contributed by atoms with Crippen molar-refractivity contribution in [2.45, 2.75) is 6.42 Å². The van der Waals surface area contributed by atoms with Gasteiger partial charge in [-0.25, -0.2) is 4.98 Å². The number of nitrogens with one attached hydrogen (secondary N) is 2. The first-order valence-electron chi connectivity index (χ1n) is 10.1. The molecule has 5 rings (SSSR count). The lowest BCUT2D eigenvalue weighted by Gasteiger charge is -2.25. The monoisotopic (exact) mass is 415 g/mol. The minimum absolute atomic E-state index is 0.192. The van der Waals surface area contributed by atoms with E-state index in [4.69, 9.17) is 9.47 Å². The maximum atomic E-state index is 12.7. The van der Waals surface area contributed by atoms with Crippen LogP contribution < -0.4 is 10.1 Å². The number of nitrogens with zero attached hydrogens (tertiary/aromatic N) is 3. The van der Waals surface area contributed by atoms with Crippen LogP contribution in [0.15, 0.2) is 60.7 Å². The van der Waals surface area contributed by atoms with E-state index in [1.54, 1.807) is 6.07 Å². The third-order valence-electron chi connectivity index (χ3n) is 5.22. The molecule has 8 heteroatoms. The van der Waals surface area contributed by atoms with Crippen LogP contribution in [0.4, 0.5) is 5.69 Å². The standard InChI is InChI=1S/C23H21N5O3/c29-23(24-18-4-6-19(7-5-18)31-11-10-15-13-30-14-15)17-3-1-2-16(12-17)20-8-9-21-22(25-20)27-28-26-21/h1-9,12,15H,10-11,13-14H2,(H,24,29)(H,25,26,27,28). The first-order valence-corrected chi connectivity index (χ1v) is 10.1. The van der Waals surface area contributed by atoms with Crippen LogP contribution in [-0.2, 0) is 4.74 Å². The fourth-order valence-electron chi connectivity index (χ4n) is 3.35. The summed E-state index contributed by atoms with van der Waals surface area (Å²) in [5.74, 6) is 1.21. The molecule has 0 atom stereocenters. The number of ether oxygens (including phenoxy) is 2. The second-order valence-corrected chi connectivity index (χ2v) is 7.46. The topological polar surface area (TPSA) is 102 Å². The van der Waals surface area contributed by atoms with Crippen molar-refractivity contribution in [3.63, 3.8) is 0 Å². The molecule has 2 aromatic heterocycles. The molecule has 3 heterocycles. The van der Waals surface area contributed by atoms with Crippen molar-refractivity contribution in [2.24, 2.45) is 5.92 Å². The van der Waals surface area contributed by atoms with Gasteiger partial charge >= 0.3 is 0 Å². The molecule has 1 fully saturated rings. The van der Waals surface area contributed by atoms with Crippen molar-refractivity contribution in [1.82, 2.24) is 20.4 Å². The lowest BCUT2D eigenvalue weighted by molar-refractivity contribution is -0.0401. The summed E-state index contributed by atoms with van der Waals surface area (Å²) in [5, 5.41) is 13.5. The molecule has 1 aliphatic rings. The molecule has 0 radical (unpaired) electrons. The molecule has 0 unspecified atom stereocenters. The SMILES string of the molecule is O=C(Nc1ccc(OCCC2COC2)cc1)c1cccc(-c2ccc3n[nH]nc3n2)c1. The van der Waals surface area contributed by atoms with Gasteiger partial charge < -0.3 is 14.8 Å². The normalized spacial score (nSPS) is 13.7. The zero-order valence-electron chi connectivity index (χ0n) is 16.7.